The van der Waals surface area contributed by atoms with Crippen molar-refractivity contribution in [2.24, 2.45) is 0 Å². The molecule has 0 saturated heterocycles. The van der Waals surface area contributed by atoms with Crippen LogP contribution in [0.1, 0.15) is 6.92 Å². The fraction of sp³-hybridized carbons (Fsp3) is 0.400. The lowest BCUT2D eigenvalue weighted by atomic mass is 10.3. The topological polar surface area (TPSA) is 63.4 Å². The van der Waals surface area contributed by atoms with Crippen molar-refractivity contribution >= 4 is 15.7 Å². The summed E-state index contributed by atoms with van der Waals surface area (Å²) < 4.78 is 74.4. The lowest BCUT2D eigenvalue weighted by molar-refractivity contribution is -0.135. The van der Waals surface area contributed by atoms with Gasteiger partial charge in [-0.25, -0.2) is 12.8 Å². The summed E-state index contributed by atoms with van der Waals surface area (Å²) in [6, 6.07) is 2.71. The Bertz CT molecular complexity index is 557. The van der Waals surface area contributed by atoms with Crippen molar-refractivity contribution in [1.82, 2.24) is 4.31 Å². The van der Waals surface area contributed by atoms with Crippen molar-refractivity contribution in [3.8, 4) is 0 Å². The molecule has 0 saturated carbocycles. The molecule has 108 valence electrons. The number of anilines is 1. The normalized spacial score (nSPS) is 12.9. The highest BCUT2D eigenvalue weighted by Crippen LogP contribution is 2.25. The summed E-state index contributed by atoms with van der Waals surface area (Å²) >= 11 is 0. The molecule has 1 aromatic carbocycles. The molecule has 2 N–H and O–H groups in total. The monoisotopic (exact) mass is 300 g/mol. The smallest absolute Gasteiger partial charge is 0.399 e. The Morgan fingerprint density at radius 1 is 1.32 bits per heavy atom. The zero-order valence-corrected chi connectivity index (χ0v) is 10.7. The van der Waals surface area contributed by atoms with E-state index < -0.39 is 40.0 Å². The van der Waals surface area contributed by atoms with E-state index in [1.165, 1.54) is 6.92 Å². The molecular weight excluding hydrogens is 288 g/mol. The molecule has 0 heterocycles. The van der Waals surface area contributed by atoms with Gasteiger partial charge in [-0.2, -0.15) is 17.5 Å². The van der Waals surface area contributed by atoms with Gasteiger partial charge in [0.05, 0.1) is 0 Å². The van der Waals surface area contributed by atoms with E-state index in [1.807, 2.05) is 0 Å². The molecule has 0 fully saturated rings. The van der Waals surface area contributed by atoms with Crippen LogP contribution in [0.25, 0.3) is 0 Å². The first kappa shape index (κ1) is 15.7. The van der Waals surface area contributed by atoms with E-state index in [0.717, 1.165) is 18.2 Å². The molecule has 0 aliphatic rings. The number of rotatable bonds is 4. The van der Waals surface area contributed by atoms with Crippen LogP contribution in [0.3, 0.4) is 0 Å². The van der Waals surface area contributed by atoms with Gasteiger partial charge in [-0.15, -0.1) is 0 Å². The van der Waals surface area contributed by atoms with Gasteiger partial charge in [0.1, 0.15) is 17.3 Å². The SMILES string of the molecule is CCN(CC(F)(F)F)S(=O)(=O)c1cc(N)ccc1F. The quantitative estimate of drug-likeness (QED) is 0.683. The van der Waals surface area contributed by atoms with Crippen LogP contribution in [0.4, 0.5) is 23.2 Å². The molecule has 4 nitrogen and oxygen atoms in total. The second kappa shape index (κ2) is 5.33. The Kier molecular flexibility index (Phi) is 4.41. The number of sulfonamides is 1. The Morgan fingerprint density at radius 2 is 1.89 bits per heavy atom. The number of halogens is 4. The molecule has 0 aliphatic heterocycles. The minimum atomic E-state index is -4.71. The highest BCUT2D eigenvalue weighted by atomic mass is 32.2. The third-order valence-electron chi connectivity index (χ3n) is 2.28. The molecule has 0 aliphatic carbocycles. The van der Waals surface area contributed by atoms with Gasteiger partial charge in [-0.1, -0.05) is 6.92 Å². The lowest BCUT2D eigenvalue weighted by Crippen LogP contribution is -2.39. The molecule has 9 heteroatoms. The van der Waals surface area contributed by atoms with Crippen LogP contribution < -0.4 is 5.73 Å². The van der Waals surface area contributed by atoms with Gasteiger partial charge in [0, 0.05) is 12.2 Å². The molecular formula is C10H12F4N2O2S. The van der Waals surface area contributed by atoms with Crippen LogP contribution in [0, 0.1) is 5.82 Å². The van der Waals surface area contributed by atoms with Gasteiger partial charge in [-0.05, 0) is 18.2 Å². The minimum Gasteiger partial charge on any atom is -0.399 e. The molecule has 1 aromatic rings. The molecule has 0 bridgehead atoms. The summed E-state index contributed by atoms with van der Waals surface area (Å²) in [7, 11) is -4.58. The maximum Gasteiger partial charge on any atom is 0.402 e. The molecule has 0 amide bonds. The zero-order chi connectivity index (χ0) is 14.8. The predicted octanol–water partition coefficient (Wildman–Crippen LogP) is 1.98. The third-order valence-corrected chi connectivity index (χ3v) is 4.22. The first-order chi connectivity index (χ1) is 8.58. The van der Waals surface area contributed by atoms with E-state index in [0.29, 0.717) is 0 Å². The lowest BCUT2D eigenvalue weighted by Gasteiger charge is -2.22. The van der Waals surface area contributed by atoms with Crippen LogP contribution in [-0.2, 0) is 10.0 Å². The number of nitrogens with zero attached hydrogens (tertiary/aromatic N) is 1. The number of hydrogen-bond acceptors (Lipinski definition) is 3. The number of nitrogen functional groups attached to an aromatic ring is 1. The van der Waals surface area contributed by atoms with E-state index in [1.54, 1.807) is 0 Å². The molecule has 1 rings (SSSR count). The average molecular weight is 300 g/mol. The standard InChI is InChI=1S/C10H12F4N2O2S/c1-2-16(6-10(12,13)14)19(17,18)9-5-7(15)3-4-8(9)11/h3-5H,2,6,15H2,1H3. The van der Waals surface area contributed by atoms with Gasteiger partial charge in [-0.3, -0.25) is 0 Å². The molecule has 19 heavy (non-hydrogen) atoms. The van der Waals surface area contributed by atoms with Crippen LogP contribution in [0.2, 0.25) is 0 Å². The van der Waals surface area contributed by atoms with Gasteiger partial charge < -0.3 is 5.73 Å². The molecule has 0 atom stereocenters. The van der Waals surface area contributed by atoms with E-state index in [2.05, 4.69) is 0 Å². The summed E-state index contributed by atoms with van der Waals surface area (Å²) in [5.74, 6) is -1.14. The average Bonchev–Trinajstić information content (AvgIpc) is 2.27. The number of alkyl halides is 3. The largest absolute Gasteiger partial charge is 0.402 e. The second-order valence-corrected chi connectivity index (χ2v) is 5.64. The molecule has 0 radical (unpaired) electrons. The van der Waals surface area contributed by atoms with Crippen LogP contribution >= 0.6 is 0 Å². The fourth-order valence-electron chi connectivity index (χ4n) is 1.42. The summed E-state index contributed by atoms with van der Waals surface area (Å²) in [4.78, 5) is -0.862. The molecule has 0 aromatic heterocycles. The summed E-state index contributed by atoms with van der Waals surface area (Å²) in [5.41, 5.74) is 5.27. The van der Waals surface area contributed by atoms with Crippen molar-refractivity contribution in [1.29, 1.82) is 0 Å². The first-order valence-corrected chi connectivity index (χ1v) is 6.64. The van der Waals surface area contributed by atoms with Gasteiger partial charge in [0.15, 0.2) is 0 Å². The third kappa shape index (κ3) is 3.80. The first-order valence-electron chi connectivity index (χ1n) is 5.20. The Balaban J connectivity index is 3.25. The summed E-state index contributed by atoms with van der Waals surface area (Å²) in [6.45, 7) is -0.885. The summed E-state index contributed by atoms with van der Waals surface area (Å²) in [6.07, 6.45) is -4.71. The van der Waals surface area contributed by atoms with Crippen molar-refractivity contribution in [3.63, 3.8) is 0 Å². The van der Waals surface area contributed by atoms with Gasteiger partial charge in [0.2, 0.25) is 10.0 Å². The Hall–Kier alpha value is -1.35. The minimum absolute atomic E-state index is 0.0527. The Labute approximate surface area is 107 Å². The van der Waals surface area contributed by atoms with Crippen LogP contribution in [-0.4, -0.2) is 32.0 Å². The second-order valence-electron chi connectivity index (χ2n) is 3.74. The highest BCUT2D eigenvalue weighted by Gasteiger charge is 2.37. The molecule has 0 unspecified atom stereocenters. The number of benzene rings is 1. The summed E-state index contributed by atoms with van der Waals surface area (Å²) in [5, 5.41) is 0. The van der Waals surface area contributed by atoms with Gasteiger partial charge in [0.25, 0.3) is 0 Å². The van der Waals surface area contributed by atoms with Crippen LogP contribution in [0.15, 0.2) is 23.1 Å². The molecule has 0 spiro atoms. The van der Waals surface area contributed by atoms with E-state index >= 15 is 0 Å². The van der Waals surface area contributed by atoms with Crippen molar-refractivity contribution in [2.45, 2.75) is 18.0 Å². The van der Waals surface area contributed by atoms with E-state index in [9.17, 15) is 26.0 Å². The maximum absolute atomic E-state index is 13.5. The van der Waals surface area contributed by atoms with E-state index in [4.69, 9.17) is 5.73 Å². The van der Waals surface area contributed by atoms with Crippen molar-refractivity contribution in [2.75, 3.05) is 18.8 Å². The zero-order valence-electron chi connectivity index (χ0n) is 9.91. The number of hydrogen-bond donors (Lipinski definition) is 1. The highest BCUT2D eigenvalue weighted by molar-refractivity contribution is 7.89. The maximum atomic E-state index is 13.5. The van der Waals surface area contributed by atoms with Gasteiger partial charge >= 0.3 is 6.18 Å². The van der Waals surface area contributed by atoms with Crippen LogP contribution in [0.5, 0.6) is 0 Å². The fourth-order valence-corrected chi connectivity index (χ4v) is 2.96. The predicted molar refractivity (Wildman–Crippen MR) is 61.3 cm³/mol. The van der Waals surface area contributed by atoms with Crippen molar-refractivity contribution in [3.05, 3.63) is 24.0 Å². The Morgan fingerprint density at radius 3 is 2.37 bits per heavy atom. The number of nitrogens with two attached hydrogens (primary N) is 1. The van der Waals surface area contributed by atoms with Crippen molar-refractivity contribution < 1.29 is 26.0 Å². The van der Waals surface area contributed by atoms with E-state index in [-0.39, 0.29) is 9.99 Å².